The average Bonchev–Trinajstić information content (AvgIpc) is 2.99. The minimum atomic E-state index is 0. The van der Waals surface area contributed by atoms with Gasteiger partial charge in [-0.25, -0.2) is 9.55 Å². The SMILES string of the molecule is CCCCCCCCCCCCCCCCCC[n+]1cc[nH]c1C.[Br-]. The van der Waals surface area contributed by atoms with E-state index in [1.165, 1.54) is 115 Å². The lowest BCUT2D eigenvalue weighted by Crippen LogP contribution is -3.00. The number of rotatable bonds is 17. The molecule has 148 valence electrons. The molecule has 0 fully saturated rings. The number of aryl methyl sites for hydroxylation is 2. The molecule has 25 heavy (non-hydrogen) atoms. The van der Waals surface area contributed by atoms with Crippen LogP contribution in [-0.4, -0.2) is 4.98 Å². The van der Waals surface area contributed by atoms with Crippen LogP contribution in [0.5, 0.6) is 0 Å². The van der Waals surface area contributed by atoms with Crippen LogP contribution in [0, 0.1) is 6.92 Å². The van der Waals surface area contributed by atoms with Gasteiger partial charge in [0.2, 0.25) is 0 Å². The lowest BCUT2D eigenvalue weighted by molar-refractivity contribution is -0.702. The van der Waals surface area contributed by atoms with Crippen molar-refractivity contribution in [2.45, 2.75) is 123 Å². The van der Waals surface area contributed by atoms with E-state index in [2.05, 4.69) is 29.6 Å². The highest BCUT2D eigenvalue weighted by molar-refractivity contribution is 4.70. The molecule has 1 N–H and O–H groups in total. The predicted molar refractivity (Wildman–Crippen MR) is 105 cm³/mol. The summed E-state index contributed by atoms with van der Waals surface area (Å²) in [5.74, 6) is 1.27. The van der Waals surface area contributed by atoms with Crippen LogP contribution in [0.3, 0.4) is 0 Å². The number of imidazole rings is 1. The van der Waals surface area contributed by atoms with Crippen LogP contribution in [0.25, 0.3) is 0 Å². The van der Waals surface area contributed by atoms with Crippen LogP contribution in [0.15, 0.2) is 12.4 Å². The second-order valence-electron chi connectivity index (χ2n) is 7.54. The van der Waals surface area contributed by atoms with Crippen LogP contribution in [0.4, 0.5) is 0 Å². The maximum atomic E-state index is 3.24. The number of aromatic amines is 1. The Balaban J connectivity index is 0.00000576. The summed E-state index contributed by atoms with van der Waals surface area (Å²) in [4.78, 5) is 3.24. The zero-order chi connectivity index (χ0) is 17.3. The van der Waals surface area contributed by atoms with Crippen molar-refractivity contribution in [3.8, 4) is 0 Å². The van der Waals surface area contributed by atoms with Crippen molar-refractivity contribution in [3.05, 3.63) is 18.2 Å². The topological polar surface area (TPSA) is 19.7 Å². The molecular weight excluding hydrogens is 372 g/mol. The fourth-order valence-electron chi connectivity index (χ4n) is 3.52. The van der Waals surface area contributed by atoms with Crippen molar-refractivity contribution in [1.29, 1.82) is 0 Å². The molecule has 2 nitrogen and oxygen atoms in total. The zero-order valence-corrected chi connectivity index (χ0v) is 18.6. The molecule has 0 aliphatic rings. The summed E-state index contributed by atoms with van der Waals surface area (Å²) >= 11 is 0. The monoisotopic (exact) mass is 414 g/mol. The van der Waals surface area contributed by atoms with Gasteiger partial charge in [0, 0.05) is 6.92 Å². The number of aromatic nitrogens is 2. The first kappa shape index (κ1) is 24.7. The standard InChI is InChI=1S/C22H42N2.BrH/c1-3-4-5-6-7-8-9-10-11-12-13-14-15-16-17-18-20-24-21-19-23-22(24)2;/h19,21H,3-18,20H2,1-2H3;1H. The molecular formula is C22H43BrN2. The van der Waals surface area contributed by atoms with Gasteiger partial charge in [-0.2, -0.15) is 0 Å². The minimum Gasteiger partial charge on any atom is -1.00 e. The molecule has 0 aromatic carbocycles. The van der Waals surface area contributed by atoms with E-state index in [0.717, 1.165) is 0 Å². The molecule has 0 amide bonds. The van der Waals surface area contributed by atoms with E-state index in [1.54, 1.807) is 0 Å². The highest BCUT2D eigenvalue weighted by atomic mass is 79.9. The third kappa shape index (κ3) is 14.5. The van der Waals surface area contributed by atoms with Crippen LogP contribution >= 0.6 is 0 Å². The van der Waals surface area contributed by atoms with Crippen molar-refractivity contribution in [1.82, 2.24) is 4.98 Å². The Morgan fingerprint density at radius 2 is 1.08 bits per heavy atom. The molecule has 1 rings (SSSR count). The van der Waals surface area contributed by atoms with Gasteiger partial charge in [0.15, 0.2) is 0 Å². The summed E-state index contributed by atoms with van der Waals surface area (Å²) in [5.41, 5.74) is 0. The van der Waals surface area contributed by atoms with Gasteiger partial charge in [-0.15, -0.1) is 0 Å². The Morgan fingerprint density at radius 1 is 0.680 bits per heavy atom. The van der Waals surface area contributed by atoms with Gasteiger partial charge < -0.3 is 17.0 Å². The van der Waals surface area contributed by atoms with E-state index in [0.29, 0.717) is 0 Å². The lowest BCUT2D eigenvalue weighted by atomic mass is 10.0. The Morgan fingerprint density at radius 3 is 1.44 bits per heavy atom. The molecule has 0 aliphatic heterocycles. The third-order valence-corrected chi connectivity index (χ3v) is 5.23. The number of unbranched alkanes of at least 4 members (excludes halogenated alkanes) is 15. The minimum absolute atomic E-state index is 0. The Hall–Kier alpha value is -0.310. The van der Waals surface area contributed by atoms with Gasteiger partial charge in [0.05, 0.1) is 6.54 Å². The maximum absolute atomic E-state index is 3.24. The summed E-state index contributed by atoms with van der Waals surface area (Å²) in [6.45, 7) is 5.61. The van der Waals surface area contributed by atoms with E-state index in [9.17, 15) is 0 Å². The Labute approximate surface area is 168 Å². The normalized spacial score (nSPS) is 10.8. The number of halogens is 1. The quantitative estimate of drug-likeness (QED) is 0.294. The van der Waals surface area contributed by atoms with Gasteiger partial charge in [-0.05, 0) is 12.8 Å². The number of hydrogen-bond acceptors (Lipinski definition) is 0. The first-order valence-corrected chi connectivity index (χ1v) is 10.9. The Bertz CT molecular complexity index is 376. The molecule has 1 aromatic rings. The number of nitrogens with zero attached hydrogens (tertiary/aromatic N) is 1. The van der Waals surface area contributed by atoms with E-state index in [1.807, 2.05) is 6.20 Å². The van der Waals surface area contributed by atoms with Gasteiger partial charge >= 0.3 is 0 Å². The molecule has 0 saturated heterocycles. The highest BCUT2D eigenvalue weighted by Crippen LogP contribution is 2.13. The lowest BCUT2D eigenvalue weighted by Gasteiger charge is -2.03. The predicted octanol–water partition coefficient (Wildman–Crippen LogP) is 3.88. The molecule has 0 spiro atoms. The van der Waals surface area contributed by atoms with E-state index in [-0.39, 0.29) is 17.0 Å². The third-order valence-electron chi connectivity index (χ3n) is 5.23. The molecule has 3 heteroatoms. The van der Waals surface area contributed by atoms with Crippen LogP contribution in [-0.2, 0) is 6.54 Å². The van der Waals surface area contributed by atoms with Crippen molar-refractivity contribution in [2.75, 3.05) is 0 Å². The summed E-state index contributed by atoms with van der Waals surface area (Å²) in [5, 5.41) is 0. The van der Waals surface area contributed by atoms with E-state index < -0.39 is 0 Å². The summed E-state index contributed by atoms with van der Waals surface area (Å²) in [6, 6.07) is 0. The first-order chi connectivity index (χ1) is 11.8. The molecule has 0 unspecified atom stereocenters. The molecule has 0 saturated carbocycles. The molecule has 0 bridgehead atoms. The van der Waals surface area contributed by atoms with Gasteiger partial charge in [0.1, 0.15) is 12.4 Å². The smallest absolute Gasteiger partial charge is 0.251 e. The van der Waals surface area contributed by atoms with Crippen LogP contribution in [0.2, 0.25) is 0 Å². The van der Waals surface area contributed by atoms with Crippen molar-refractivity contribution >= 4 is 0 Å². The van der Waals surface area contributed by atoms with Crippen molar-refractivity contribution in [3.63, 3.8) is 0 Å². The fourth-order valence-corrected chi connectivity index (χ4v) is 3.52. The van der Waals surface area contributed by atoms with Crippen LogP contribution < -0.4 is 21.5 Å². The number of nitrogens with one attached hydrogen (secondary N) is 1. The molecule has 0 aliphatic carbocycles. The Kier molecular flexibility index (Phi) is 18.3. The van der Waals surface area contributed by atoms with Crippen LogP contribution in [0.1, 0.15) is 115 Å². The first-order valence-electron chi connectivity index (χ1n) is 10.9. The zero-order valence-electron chi connectivity index (χ0n) is 17.0. The second kappa shape index (κ2) is 18.5. The average molecular weight is 416 g/mol. The molecule has 1 heterocycles. The van der Waals surface area contributed by atoms with E-state index in [4.69, 9.17) is 0 Å². The highest BCUT2D eigenvalue weighted by Gasteiger charge is 2.02. The van der Waals surface area contributed by atoms with Crippen molar-refractivity contribution in [2.24, 2.45) is 0 Å². The number of H-pyrrole nitrogens is 1. The molecule has 0 radical (unpaired) electrons. The van der Waals surface area contributed by atoms with E-state index >= 15 is 0 Å². The fraction of sp³-hybridized carbons (Fsp3) is 0.864. The van der Waals surface area contributed by atoms with Gasteiger partial charge in [-0.3, -0.25) is 0 Å². The van der Waals surface area contributed by atoms with Crippen molar-refractivity contribution < 1.29 is 21.5 Å². The summed E-state index contributed by atoms with van der Waals surface area (Å²) in [7, 11) is 0. The maximum Gasteiger partial charge on any atom is 0.251 e. The van der Waals surface area contributed by atoms with Gasteiger partial charge in [-0.1, -0.05) is 96.8 Å². The van der Waals surface area contributed by atoms with Gasteiger partial charge in [0.25, 0.3) is 5.82 Å². The summed E-state index contributed by atoms with van der Waals surface area (Å²) < 4.78 is 2.32. The molecule has 1 aromatic heterocycles. The molecule has 0 atom stereocenters. The summed E-state index contributed by atoms with van der Waals surface area (Å²) in [6.07, 6.45) is 27.2. The largest absolute Gasteiger partial charge is 1.00 e. The number of hydrogen-bond donors (Lipinski definition) is 1. The second-order valence-corrected chi connectivity index (χ2v) is 7.54.